The highest BCUT2D eigenvalue weighted by Gasteiger charge is 2.30. The van der Waals surface area contributed by atoms with Gasteiger partial charge in [0, 0.05) is 11.1 Å². The van der Waals surface area contributed by atoms with Crippen LogP contribution >= 0.6 is 0 Å². The highest BCUT2D eigenvalue weighted by molar-refractivity contribution is 5.79. The number of carbonyl (C=O) groups excluding carboxylic acids is 2. The molecule has 0 aromatic heterocycles. The van der Waals surface area contributed by atoms with E-state index in [2.05, 4.69) is 4.74 Å². The molecule has 0 radical (unpaired) electrons. The maximum absolute atomic E-state index is 11.4. The minimum absolute atomic E-state index is 0.0340. The molecule has 0 amide bonds. The first-order chi connectivity index (χ1) is 9.46. The smallest absolute Gasteiger partial charge is 0.338 e. The van der Waals surface area contributed by atoms with Gasteiger partial charge in [-0.15, -0.1) is 0 Å². The van der Waals surface area contributed by atoms with Crippen molar-refractivity contribution in [2.75, 3.05) is 13.7 Å². The molecule has 1 aromatic rings. The van der Waals surface area contributed by atoms with E-state index in [4.69, 9.17) is 4.74 Å². The Balaban J connectivity index is 3.17. The fourth-order valence-corrected chi connectivity index (χ4v) is 1.63. The molecule has 0 fully saturated rings. The van der Waals surface area contributed by atoms with Gasteiger partial charge < -0.3 is 24.8 Å². The van der Waals surface area contributed by atoms with Crippen LogP contribution in [0.5, 0.6) is 11.5 Å². The summed E-state index contributed by atoms with van der Waals surface area (Å²) in [5, 5.41) is 29.5. The van der Waals surface area contributed by atoms with E-state index in [-0.39, 0.29) is 23.5 Å². The molecule has 7 heteroatoms. The van der Waals surface area contributed by atoms with Crippen LogP contribution in [0.15, 0.2) is 12.1 Å². The molecule has 0 aliphatic carbocycles. The summed E-state index contributed by atoms with van der Waals surface area (Å²) in [5.74, 6) is -1.55. The van der Waals surface area contributed by atoms with Crippen LogP contribution in [-0.4, -0.2) is 47.4 Å². The largest absolute Gasteiger partial charge is 0.504 e. The van der Waals surface area contributed by atoms with E-state index in [1.165, 1.54) is 13.2 Å². The Morgan fingerprint density at radius 2 is 2.05 bits per heavy atom. The summed E-state index contributed by atoms with van der Waals surface area (Å²) < 4.78 is 9.42. The minimum atomic E-state index is -1.88. The molecule has 2 unspecified atom stereocenters. The normalized spacial score (nSPS) is 13.4. The molecule has 7 nitrogen and oxygen atoms in total. The van der Waals surface area contributed by atoms with Crippen molar-refractivity contribution in [2.45, 2.75) is 19.1 Å². The van der Waals surface area contributed by atoms with Crippen LogP contribution in [0.4, 0.5) is 0 Å². The Morgan fingerprint density at radius 1 is 1.40 bits per heavy atom. The lowest BCUT2D eigenvalue weighted by atomic mass is 10.0. The van der Waals surface area contributed by atoms with Crippen molar-refractivity contribution in [3.63, 3.8) is 0 Å². The van der Waals surface area contributed by atoms with Crippen LogP contribution in [0.25, 0.3) is 0 Å². The SMILES string of the molecule is CCOC(=O)C(O)C(O)c1cc(C=O)cc(OC)c1O. The number of carbonyl (C=O) groups is 2. The van der Waals surface area contributed by atoms with E-state index in [0.29, 0.717) is 6.29 Å². The molecular weight excluding hydrogens is 268 g/mol. The third-order valence-electron chi connectivity index (χ3n) is 2.63. The van der Waals surface area contributed by atoms with E-state index in [1.807, 2.05) is 0 Å². The molecule has 0 heterocycles. The van der Waals surface area contributed by atoms with Crippen LogP contribution in [-0.2, 0) is 9.53 Å². The lowest BCUT2D eigenvalue weighted by molar-refractivity contribution is -0.159. The fourth-order valence-electron chi connectivity index (χ4n) is 1.63. The van der Waals surface area contributed by atoms with Gasteiger partial charge in [-0.25, -0.2) is 4.79 Å². The molecule has 0 aliphatic heterocycles. The second kappa shape index (κ2) is 6.88. The van der Waals surface area contributed by atoms with Crippen molar-refractivity contribution in [1.29, 1.82) is 0 Å². The van der Waals surface area contributed by atoms with Gasteiger partial charge in [-0.3, -0.25) is 4.79 Å². The first-order valence-electron chi connectivity index (χ1n) is 5.85. The molecule has 110 valence electrons. The number of phenols is 1. The van der Waals surface area contributed by atoms with E-state index >= 15 is 0 Å². The second-order valence-corrected chi connectivity index (χ2v) is 3.92. The number of aliphatic hydroxyl groups is 2. The molecule has 20 heavy (non-hydrogen) atoms. The predicted molar refractivity (Wildman–Crippen MR) is 67.6 cm³/mol. The van der Waals surface area contributed by atoms with Gasteiger partial charge in [0.1, 0.15) is 12.4 Å². The average Bonchev–Trinajstić information content (AvgIpc) is 2.46. The lowest BCUT2D eigenvalue weighted by Crippen LogP contribution is -2.30. The zero-order valence-electron chi connectivity index (χ0n) is 11.1. The number of aldehydes is 1. The van der Waals surface area contributed by atoms with Crippen molar-refractivity contribution in [3.05, 3.63) is 23.3 Å². The van der Waals surface area contributed by atoms with Gasteiger partial charge in [-0.2, -0.15) is 0 Å². The minimum Gasteiger partial charge on any atom is -0.504 e. The fraction of sp³-hybridized carbons (Fsp3) is 0.385. The Labute approximate surface area is 115 Å². The molecule has 0 saturated carbocycles. The molecule has 0 bridgehead atoms. The number of benzene rings is 1. The highest BCUT2D eigenvalue weighted by atomic mass is 16.5. The standard InChI is InChI=1S/C13H16O7/c1-3-20-13(18)12(17)11(16)8-4-7(6-14)5-9(19-2)10(8)15/h4-6,11-12,15-17H,3H2,1-2H3. The van der Waals surface area contributed by atoms with Crippen LogP contribution in [0.3, 0.4) is 0 Å². The Morgan fingerprint density at radius 3 is 2.55 bits per heavy atom. The van der Waals surface area contributed by atoms with Gasteiger partial charge in [-0.1, -0.05) is 0 Å². The molecule has 1 rings (SSSR count). The summed E-state index contributed by atoms with van der Waals surface area (Å²) in [6.07, 6.45) is -3.15. The Kier molecular flexibility index (Phi) is 5.48. The van der Waals surface area contributed by atoms with E-state index < -0.39 is 23.9 Å². The van der Waals surface area contributed by atoms with Crippen molar-refractivity contribution in [1.82, 2.24) is 0 Å². The monoisotopic (exact) mass is 284 g/mol. The van der Waals surface area contributed by atoms with Gasteiger partial charge in [0.2, 0.25) is 0 Å². The number of ether oxygens (including phenoxy) is 2. The van der Waals surface area contributed by atoms with E-state index in [1.54, 1.807) is 6.92 Å². The molecule has 0 spiro atoms. The summed E-state index contributed by atoms with van der Waals surface area (Å²) in [4.78, 5) is 22.2. The summed E-state index contributed by atoms with van der Waals surface area (Å²) in [7, 11) is 1.27. The number of phenolic OH excluding ortho intramolecular Hbond substituents is 1. The number of aliphatic hydroxyl groups excluding tert-OH is 2. The van der Waals surface area contributed by atoms with Crippen molar-refractivity contribution in [2.24, 2.45) is 0 Å². The number of methoxy groups -OCH3 is 1. The predicted octanol–water partition coefficient (Wildman–Crippen LogP) is 0.171. The summed E-state index contributed by atoms with van der Waals surface area (Å²) >= 11 is 0. The highest BCUT2D eigenvalue weighted by Crippen LogP contribution is 2.36. The number of esters is 1. The Hall–Kier alpha value is -2.12. The number of hydrogen-bond acceptors (Lipinski definition) is 7. The second-order valence-electron chi connectivity index (χ2n) is 3.92. The first-order valence-corrected chi connectivity index (χ1v) is 5.85. The van der Waals surface area contributed by atoms with Gasteiger partial charge in [0.05, 0.1) is 13.7 Å². The third-order valence-corrected chi connectivity index (χ3v) is 2.63. The first kappa shape index (κ1) is 15.9. The molecule has 3 N–H and O–H groups in total. The van der Waals surface area contributed by atoms with E-state index in [0.717, 1.165) is 6.07 Å². The molecule has 2 atom stereocenters. The van der Waals surface area contributed by atoms with Crippen LogP contribution in [0.1, 0.15) is 28.9 Å². The molecule has 1 aromatic carbocycles. The lowest BCUT2D eigenvalue weighted by Gasteiger charge is -2.19. The maximum atomic E-state index is 11.4. The van der Waals surface area contributed by atoms with Crippen LogP contribution in [0.2, 0.25) is 0 Å². The quantitative estimate of drug-likeness (QED) is 0.504. The van der Waals surface area contributed by atoms with Gasteiger partial charge in [-0.05, 0) is 19.1 Å². The molecule has 0 aliphatic rings. The topological polar surface area (TPSA) is 113 Å². The molecular formula is C13H16O7. The zero-order chi connectivity index (χ0) is 15.3. The average molecular weight is 284 g/mol. The van der Waals surface area contributed by atoms with Crippen molar-refractivity contribution in [3.8, 4) is 11.5 Å². The van der Waals surface area contributed by atoms with Crippen molar-refractivity contribution < 1.29 is 34.4 Å². The number of aromatic hydroxyl groups is 1. The van der Waals surface area contributed by atoms with Crippen LogP contribution < -0.4 is 4.74 Å². The zero-order valence-corrected chi connectivity index (χ0v) is 11.1. The van der Waals surface area contributed by atoms with E-state index in [9.17, 15) is 24.9 Å². The molecule has 0 saturated heterocycles. The van der Waals surface area contributed by atoms with Crippen molar-refractivity contribution >= 4 is 12.3 Å². The van der Waals surface area contributed by atoms with Gasteiger partial charge in [0.25, 0.3) is 0 Å². The number of hydrogen-bond donors (Lipinski definition) is 3. The Bertz CT molecular complexity index is 498. The third kappa shape index (κ3) is 3.25. The van der Waals surface area contributed by atoms with Gasteiger partial charge >= 0.3 is 5.97 Å². The van der Waals surface area contributed by atoms with Gasteiger partial charge in [0.15, 0.2) is 17.6 Å². The number of rotatable bonds is 6. The summed E-state index contributed by atoms with van der Waals surface area (Å²) in [6, 6.07) is 2.41. The maximum Gasteiger partial charge on any atom is 0.338 e. The van der Waals surface area contributed by atoms with Crippen LogP contribution in [0, 0.1) is 0 Å². The summed E-state index contributed by atoms with van der Waals surface area (Å²) in [6.45, 7) is 1.58. The summed E-state index contributed by atoms with van der Waals surface area (Å²) in [5.41, 5.74) is -0.0863.